The van der Waals surface area contributed by atoms with Gasteiger partial charge < -0.3 is 15.5 Å². The number of unbranched alkanes of at least 4 members (excludes halogenated alkanes) is 19. The zero-order chi connectivity index (χ0) is 29.4. The summed E-state index contributed by atoms with van der Waals surface area (Å²) < 4.78 is 0. The molecule has 0 spiro atoms. The van der Waals surface area contributed by atoms with Crippen LogP contribution in [0.2, 0.25) is 0 Å². The average Bonchev–Trinajstić information content (AvgIpc) is 2.96. The highest BCUT2D eigenvalue weighted by atomic mass is 16.3. The summed E-state index contributed by atoms with van der Waals surface area (Å²) in [4.78, 5) is 12.3. The fourth-order valence-corrected chi connectivity index (χ4v) is 4.98. The number of hydrogen-bond acceptors (Lipinski definition) is 3. The normalized spacial score (nSPS) is 13.6. The highest BCUT2D eigenvalue weighted by Crippen LogP contribution is 2.14. The zero-order valence-corrected chi connectivity index (χ0v) is 26.6. The van der Waals surface area contributed by atoms with Gasteiger partial charge in [-0.15, -0.1) is 0 Å². The Kier molecular flexibility index (Phi) is 31.0. The molecule has 0 saturated carbocycles. The van der Waals surface area contributed by atoms with Crippen molar-refractivity contribution >= 4 is 5.91 Å². The Bertz CT molecular complexity index is 613. The van der Waals surface area contributed by atoms with Gasteiger partial charge in [0.1, 0.15) is 0 Å². The zero-order valence-electron chi connectivity index (χ0n) is 26.6. The van der Waals surface area contributed by atoms with Crippen molar-refractivity contribution in [2.24, 2.45) is 0 Å². The van der Waals surface area contributed by atoms with Crippen LogP contribution in [0.4, 0.5) is 0 Å². The summed E-state index contributed by atoms with van der Waals surface area (Å²) in [6.45, 7) is 4.16. The smallest absolute Gasteiger partial charge is 0.220 e. The van der Waals surface area contributed by atoms with E-state index in [1.165, 1.54) is 103 Å². The first-order valence-electron chi connectivity index (χ1n) is 17.2. The predicted molar refractivity (Wildman–Crippen MR) is 175 cm³/mol. The van der Waals surface area contributed by atoms with Crippen molar-refractivity contribution in [1.82, 2.24) is 5.32 Å². The first-order chi connectivity index (χ1) is 19.7. The number of aliphatic hydroxyl groups is 2. The van der Waals surface area contributed by atoms with Crippen LogP contribution in [-0.4, -0.2) is 34.9 Å². The van der Waals surface area contributed by atoms with Gasteiger partial charge in [0.25, 0.3) is 0 Å². The quantitative estimate of drug-likeness (QED) is 0.0603. The number of nitrogens with one attached hydrogen (secondary N) is 1. The van der Waals surface area contributed by atoms with Crippen LogP contribution in [0, 0.1) is 0 Å². The molecule has 2 unspecified atom stereocenters. The van der Waals surface area contributed by atoms with E-state index in [1.54, 1.807) is 6.08 Å². The van der Waals surface area contributed by atoms with Gasteiger partial charge in [0.05, 0.1) is 18.8 Å². The summed E-state index contributed by atoms with van der Waals surface area (Å²) in [5, 5.41) is 22.7. The highest BCUT2D eigenvalue weighted by molar-refractivity contribution is 5.76. The Morgan fingerprint density at radius 2 is 1.00 bits per heavy atom. The molecule has 0 radical (unpaired) electrons. The Labute approximate surface area is 249 Å². The predicted octanol–water partition coefficient (Wildman–Crippen LogP) is 9.90. The molecule has 3 N–H and O–H groups in total. The second-order valence-corrected chi connectivity index (χ2v) is 11.5. The van der Waals surface area contributed by atoms with E-state index in [1.807, 2.05) is 6.08 Å². The Morgan fingerprint density at radius 1 is 0.600 bits per heavy atom. The number of allylic oxidation sites excluding steroid dienone is 5. The van der Waals surface area contributed by atoms with Crippen molar-refractivity contribution < 1.29 is 15.0 Å². The van der Waals surface area contributed by atoms with Crippen LogP contribution in [0.25, 0.3) is 0 Å². The molecule has 4 heteroatoms. The maximum Gasteiger partial charge on any atom is 0.220 e. The second-order valence-electron chi connectivity index (χ2n) is 11.5. The summed E-state index contributed by atoms with van der Waals surface area (Å²) in [5.41, 5.74) is 0. The van der Waals surface area contributed by atoms with E-state index in [9.17, 15) is 15.0 Å². The van der Waals surface area contributed by atoms with E-state index < -0.39 is 12.1 Å². The summed E-state index contributed by atoms with van der Waals surface area (Å²) in [7, 11) is 0. The lowest BCUT2D eigenvalue weighted by molar-refractivity contribution is -0.123. The van der Waals surface area contributed by atoms with Crippen molar-refractivity contribution in [3.63, 3.8) is 0 Å². The molecule has 234 valence electrons. The van der Waals surface area contributed by atoms with E-state index >= 15 is 0 Å². The van der Waals surface area contributed by atoms with Crippen molar-refractivity contribution in [2.75, 3.05) is 6.61 Å². The highest BCUT2D eigenvalue weighted by Gasteiger charge is 2.17. The molecule has 0 aromatic heterocycles. The summed E-state index contributed by atoms with van der Waals surface area (Å²) >= 11 is 0. The number of amides is 1. The molecule has 0 bridgehead atoms. The van der Waals surface area contributed by atoms with Crippen LogP contribution in [-0.2, 0) is 4.79 Å². The fourth-order valence-electron chi connectivity index (χ4n) is 4.98. The number of hydrogen-bond donors (Lipinski definition) is 3. The summed E-state index contributed by atoms with van der Waals surface area (Å²) in [6.07, 6.45) is 40.9. The molecule has 1 amide bonds. The minimum Gasteiger partial charge on any atom is -0.394 e. The fraction of sp³-hybridized carbons (Fsp3) is 0.806. The molecule has 0 aliphatic heterocycles. The van der Waals surface area contributed by atoms with Gasteiger partial charge >= 0.3 is 0 Å². The van der Waals surface area contributed by atoms with Crippen molar-refractivity contribution in [1.29, 1.82) is 0 Å². The first-order valence-corrected chi connectivity index (χ1v) is 17.2. The number of carbonyl (C=O) groups excluding carboxylic acids is 1. The van der Waals surface area contributed by atoms with Crippen LogP contribution in [0.1, 0.15) is 168 Å². The van der Waals surface area contributed by atoms with E-state index in [4.69, 9.17) is 0 Å². The van der Waals surface area contributed by atoms with Crippen molar-refractivity contribution in [2.45, 2.75) is 180 Å². The van der Waals surface area contributed by atoms with Gasteiger partial charge in [-0.1, -0.05) is 159 Å². The Hall–Kier alpha value is -1.39. The largest absolute Gasteiger partial charge is 0.394 e. The molecule has 0 heterocycles. The SMILES string of the molecule is CC/C=C/CC/C=C/CC/C=C/C(O)C(CO)NC(=O)CCCCCCCCCCCCCCCCCCCC. The Morgan fingerprint density at radius 3 is 1.43 bits per heavy atom. The minimum absolute atomic E-state index is 0.0805. The molecular formula is C36H67NO3. The maximum absolute atomic E-state index is 12.3. The number of carbonyl (C=O) groups is 1. The average molecular weight is 562 g/mol. The summed E-state index contributed by atoms with van der Waals surface area (Å²) in [6, 6.07) is -0.639. The number of aliphatic hydroxyl groups excluding tert-OH is 2. The van der Waals surface area contributed by atoms with Crippen LogP contribution >= 0.6 is 0 Å². The first kappa shape index (κ1) is 38.6. The van der Waals surface area contributed by atoms with Gasteiger partial charge in [-0.2, -0.15) is 0 Å². The van der Waals surface area contributed by atoms with E-state index in [2.05, 4.69) is 43.5 Å². The topological polar surface area (TPSA) is 69.6 Å². The molecule has 40 heavy (non-hydrogen) atoms. The van der Waals surface area contributed by atoms with Crippen molar-refractivity contribution in [3.8, 4) is 0 Å². The molecule has 0 saturated heterocycles. The molecule has 0 aromatic rings. The van der Waals surface area contributed by atoms with Crippen LogP contribution in [0.15, 0.2) is 36.5 Å². The number of rotatable bonds is 30. The molecule has 2 atom stereocenters. The second kappa shape index (κ2) is 32.1. The standard InChI is InChI=1S/C36H67NO3/c1-3-5-7-9-11-13-15-16-17-18-19-20-21-22-24-26-28-30-32-36(40)37-34(33-38)35(39)31-29-27-25-23-14-12-10-8-6-4-2/h6,8,14,23,29,31,34-35,38-39H,3-5,7,9-13,15-22,24-28,30,32-33H2,1-2H3,(H,37,40)/b8-6+,23-14+,31-29+. The molecule has 0 aromatic carbocycles. The van der Waals surface area contributed by atoms with E-state index in [0.29, 0.717) is 6.42 Å². The van der Waals surface area contributed by atoms with Crippen molar-refractivity contribution in [3.05, 3.63) is 36.5 Å². The van der Waals surface area contributed by atoms with E-state index in [0.717, 1.165) is 44.9 Å². The van der Waals surface area contributed by atoms with Gasteiger partial charge in [-0.05, 0) is 38.5 Å². The molecule has 0 fully saturated rings. The molecule has 4 nitrogen and oxygen atoms in total. The molecule has 0 aliphatic rings. The third-order valence-corrected chi connectivity index (χ3v) is 7.62. The third kappa shape index (κ3) is 28.1. The maximum atomic E-state index is 12.3. The minimum atomic E-state index is -0.863. The lowest BCUT2D eigenvalue weighted by Gasteiger charge is -2.19. The van der Waals surface area contributed by atoms with Crippen LogP contribution < -0.4 is 5.32 Å². The summed E-state index contributed by atoms with van der Waals surface area (Å²) in [5.74, 6) is -0.0805. The lowest BCUT2D eigenvalue weighted by Crippen LogP contribution is -2.45. The Balaban J connectivity index is 3.61. The van der Waals surface area contributed by atoms with Crippen LogP contribution in [0.3, 0.4) is 0 Å². The molecular weight excluding hydrogens is 494 g/mol. The van der Waals surface area contributed by atoms with E-state index in [-0.39, 0.29) is 12.5 Å². The monoisotopic (exact) mass is 562 g/mol. The van der Waals surface area contributed by atoms with Crippen LogP contribution in [0.5, 0.6) is 0 Å². The van der Waals surface area contributed by atoms with Gasteiger partial charge in [-0.25, -0.2) is 0 Å². The van der Waals surface area contributed by atoms with Gasteiger partial charge in [0, 0.05) is 6.42 Å². The molecule has 0 aliphatic carbocycles. The van der Waals surface area contributed by atoms with Gasteiger partial charge in [0.2, 0.25) is 5.91 Å². The lowest BCUT2D eigenvalue weighted by atomic mass is 10.0. The van der Waals surface area contributed by atoms with Gasteiger partial charge in [-0.3, -0.25) is 4.79 Å². The molecule has 0 rings (SSSR count). The third-order valence-electron chi connectivity index (χ3n) is 7.62. The van der Waals surface area contributed by atoms with Gasteiger partial charge in [0.15, 0.2) is 0 Å².